The summed E-state index contributed by atoms with van der Waals surface area (Å²) in [5.41, 5.74) is 1.68. The monoisotopic (exact) mass is 614 g/mol. The second-order valence-corrected chi connectivity index (χ2v) is 18.5. The van der Waals surface area contributed by atoms with E-state index in [2.05, 4.69) is 60.6 Å². The van der Waals surface area contributed by atoms with E-state index in [9.17, 15) is 15.0 Å². The van der Waals surface area contributed by atoms with E-state index in [4.69, 9.17) is 4.74 Å². The number of ether oxygens (including phenoxy) is 1. The summed E-state index contributed by atoms with van der Waals surface area (Å²) in [5, 5.41) is 24.3. The van der Waals surface area contributed by atoms with Crippen molar-refractivity contribution in [2.45, 2.75) is 130 Å². The van der Waals surface area contributed by atoms with Gasteiger partial charge in [-0.15, -0.1) is 0 Å². The van der Waals surface area contributed by atoms with Crippen LogP contribution in [0.1, 0.15) is 141 Å². The number of carbonyl (C=O) groups excluding carboxylic acids is 2. The van der Waals surface area contributed by atoms with Gasteiger partial charge in [0.15, 0.2) is 17.3 Å². The van der Waals surface area contributed by atoms with E-state index in [-0.39, 0.29) is 45.5 Å². The van der Waals surface area contributed by atoms with Crippen molar-refractivity contribution in [1.82, 2.24) is 0 Å². The van der Waals surface area contributed by atoms with Crippen molar-refractivity contribution in [1.29, 1.82) is 0 Å². The van der Waals surface area contributed by atoms with Gasteiger partial charge in [-0.2, -0.15) is 0 Å². The molecule has 8 rings (SSSR count). The van der Waals surface area contributed by atoms with E-state index in [1.165, 1.54) is 19.3 Å². The first-order chi connectivity index (χ1) is 21.0. The van der Waals surface area contributed by atoms with Crippen LogP contribution >= 0.6 is 0 Å². The molecule has 1 aromatic carbocycles. The number of hydrogen-bond donors (Lipinski definition) is 2. The third-order valence-electron chi connectivity index (χ3n) is 16.0. The molecule has 5 nitrogen and oxygen atoms in total. The molecule has 244 valence electrons. The van der Waals surface area contributed by atoms with Crippen LogP contribution in [0.5, 0.6) is 11.5 Å². The minimum atomic E-state index is -0.794. The van der Waals surface area contributed by atoms with Gasteiger partial charge in [0.2, 0.25) is 0 Å². The van der Waals surface area contributed by atoms with Crippen LogP contribution in [0.15, 0.2) is 17.7 Å². The summed E-state index contributed by atoms with van der Waals surface area (Å²) in [6.07, 6.45) is 10.8. The van der Waals surface area contributed by atoms with Crippen molar-refractivity contribution in [2.75, 3.05) is 7.11 Å². The Morgan fingerprint density at radius 1 is 0.956 bits per heavy atom. The number of allylic oxidation sites excluding steroid dienone is 2. The summed E-state index contributed by atoms with van der Waals surface area (Å²) in [6, 6.07) is 2.08. The number of aromatic hydroxyl groups is 1. The number of phenols is 1. The van der Waals surface area contributed by atoms with Gasteiger partial charge in [0.25, 0.3) is 0 Å². The highest BCUT2D eigenvalue weighted by atomic mass is 16.5. The minimum Gasteiger partial charge on any atom is -0.504 e. The zero-order chi connectivity index (χ0) is 32.3. The molecule has 1 aromatic rings. The zero-order valence-corrected chi connectivity index (χ0v) is 28.8. The number of rotatable bonds is 2. The van der Waals surface area contributed by atoms with Gasteiger partial charge in [-0.1, -0.05) is 61.0 Å². The predicted octanol–water partition coefficient (Wildman–Crippen LogP) is 8.35. The van der Waals surface area contributed by atoms with E-state index in [0.29, 0.717) is 36.2 Å². The topological polar surface area (TPSA) is 83.8 Å². The van der Waals surface area contributed by atoms with Crippen LogP contribution in [0, 0.1) is 50.7 Å². The van der Waals surface area contributed by atoms with Gasteiger partial charge >= 0.3 is 0 Å². The van der Waals surface area contributed by atoms with Crippen molar-refractivity contribution in [3.63, 3.8) is 0 Å². The quantitative estimate of drug-likeness (QED) is 0.350. The predicted molar refractivity (Wildman–Crippen MR) is 174 cm³/mol. The number of ketones is 2. The molecule has 7 aliphatic carbocycles. The molecule has 3 spiro atoms. The lowest BCUT2D eigenvalue weighted by Gasteiger charge is -2.67. The lowest BCUT2D eigenvalue weighted by molar-refractivity contribution is -0.177. The van der Waals surface area contributed by atoms with Crippen molar-refractivity contribution in [3.8, 4) is 11.5 Å². The van der Waals surface area contributed by atoms with Crippen molar-refractivity contribution in [3.05, 3.63) is 34.4 Å². The maximum absolute atomic E-state index is 15.3. The first-order valence-electron chi connectivity index (χ1n) is 18.0. The normalized spacial score (nSPS) is 45.1. The third kappa shape index (κ3) is 3.17. The summed E-state index contributed by atoms with van der Waals surface area (Å²) >= 11 is 0. The van der Waals surface area contributed by atoms with Crippen LogP contribution in [0.4, 0.5) is 0 Å². The van der Waals surface area contributed by atoms with E-state index >= 15 is 4.79 Å². The fourth-order valence-corrected chi connectivity index (χ4v) is 14.4. The summed E-state index contributed by atoms with van der Waals surface area (Å²) in [4.78, 5) is 29.2. The Morgan fingerprint density at radius 3 is 2.36 bits per heavy atom. The highest BCUT2D eigenvalue weighted by Gasteiger charge is 2.81. The molecule has 7 aliphatic rings. The largest absolute Gasteiger partial charge is 0.504 e. The molecule has 0 amide bonds. The number of methoxy groups -OCH3 is 1. The molecule has 1 unspecified atom stereocenters. The summed E-state index contributed by atoms with van der Waals surface area (Å²) in [7, 11) is 1.62. The maximum atomic E-state index is 15.3. The van der Waals surface area contributed by atoms with Crippen LogP contribution in [0.2, 0.25) is 0 Å². The van der Waals surface area contributed by atoms with E-state index in [1.807, 2.05) is 0 Å². The Labute approximate surface area is 269 Å². The molecular weight excluding hydrogens is 560 g/mol. The second-order valence-electron chi connectivity index (χ2n) is 18.5. The van der Waals surface area contributed by atoms with Gasteiger partial charge < -0.3 is 14.9 Å². The SMILES string of the molecule is COc1c(C(C)C)cc2c(c1O)C13[C@H](C=C4C(=O)[C@@]56CC[C@@H]7C(C)(C)CCC[C@@]7(C)[C@@H]5CC[C@]41C6)CC(=O)C(C)(C)[C@@H]3C[C@H]2O. The lowest BCUT2D eigenvalue weighted by atomic mass is 9.35. The molecule has 0 aromatic heterocycles. The minimum absolute atomic E-state index is 0.0941. The van der Waals surface area contributed by atoms with Crippen LogP contribution in [0.25, 0.3) is 0 Å². The Balaban J connectivity index is 1.39. The van der Waals surface area contributed by atoms with Crippen LogP contribution in [0.3, 0.4) is 0 Å². The molecule has 0 radical (unpaired) electrons. The molecule has 5 fully saturated rings. The number of Topliss-reactive ketones (excluding diaryl/α,β-unsaturated/α-hetero) is 2. The molecule has 5 saturated carbocycles. The van der Waals surface area contributed by atoms with Crippen LogP contribution < -0.4 is 4.74 Å². The average Bonchev–Trinajstić information content (AvgIpc) is 3.30. The number of aliphatic hydroxyl groups excluding tert-OH is 1. The molecule has 9 atom stereocenters. The third-order valence-corrected chi connectivity index (χ3v) is 16.0. The molecule has 0 heterocycles. The fourth-order valence-electron chi connectivity index (χ4n) is 14.4. The van der Waals surface area contributed by atoms with Gasteiger partial charge in [0.1, 0.15) is 5.78 Å². The molecule has 0 aliphatic heterocycles. The number of carbonyl (C=O) groups is 2. The molecule has 5 heteroatoms. The smallest absolute Gasteiger partial charge is 0.165 e. The lowest BCUT2D eigenvalue weighted by Crippen LogP contribution is -2.65. The number of hydrogen-bond acceptors (Lipinski definition) is 5. The van der Waals surface area contributed by atoms with Crippen molar-refractivity contribution < 1.29 is 24.5 Å². The van der Waals surface area contributed by atoms with E-state index in [1.54, 1.807) is 7.11 Å². The Bertz CT molecular complexity index is 1560. The summed E-state index contributed by atoms with van der Waals surface area (Å²) < 4.78 is 5.96. The highest BCUT2D eigenvalue weighted by molar-refractivity contribution is 6.06. The molecule has 2 N–H and O–H groups in total. The van der Waals surface area contributed by atoms with Gasteiger partial charge in [0.05, 0.1) is 13.2 Å². The first-order valence-corrected chi connectivity index (χ1v) is 18.0. The number of fused-ring (bicyclic) bond motifs is 3. The number of benzene rings is 1. The average molecular weight is 615 g/mol. The van der Waals surface area contributed by atoms with Crippen LogP contribution in [-0.2, 0) is 15.0 Å². The van der Waals surface area contributed by atoms with Crippen molar-refractivity contribution >= 4 is 11.6 Å². The van der Waals surface area contributed by atoms with E-state index in [0.717, 1.165) is 54.4 Å². The Kier molecular flexibility index (Phi) is 5.94. The van der Waals surface area contributed by atoms with Gasteiger partial charge in [-0.05, 0) is 109 Å². The van der Waals surface area contributed by atoms with Gasteiger partial charge in [0, 0.05) is 39.2 Å². The first kappa shape index (κ1) is 30.2. The molecule has 2 bridgehead atoms. The van der Waals surface area contributed by atoms with Gasteiger partial charge in [-0.3, -0.25) is 9.59 Å². The van der Waals surface area contributed by atoms with Gasteiger partial charge in [-0.25, -0.2) is 0 Å². The zero-order valence-electron chi connectivity index (χ0n) is 28.8. The second kappa shape index (κ2) is 8.85. The number of aliphatic hydroxyl groups is 1. The fraction of sp³-hybridized carbons (Fsp3) is 0.750. The molecular formula is C40H54O5. The number of phenolic OH excluding ortho intramolecular Hbond substituents is 1. The summed E-state index contributed by atoms with van der Waals surface area (Å²) in [5.74, 6) is 1.88. The Hall–Kier alpha value is -2.14. The maximum Gasteiger partial charge on any atom is 0.165 e. The Morgan fingerprint density at radius 2 is 1.67 bits per heavy atom. The molecule has 0 saturated heterocycles. The summed E-state index contributed by atoms with van der Waals surface area (Å²) in [6.45, 7) is 15.8. The van der Waals surface area contributed by atoms with Crippen molar-refractivity contribution in [2.24, 2.45) is 50.7 Å². The highest BCUT2D eigenvalue weighted by Crippen LogP contribution is 2.83. The van der Waals surface area contributed by atoms with E-state index < -0.39 is 22.3 Å². The van der Waals surface area contributed by atoms with Crippen LogP contribution in [-0.4, -0.2) is 28.9 Å². The molecule has 45 heavy (non-hydrogen) atoms. The standard InChI is InChI=1S/C40H54O5/c1-21(2)23-18-24-26(41)19-29-36(5,6)30(42)17-22-16-25-34(44)38-14-10-27-35(3,4)12-9-13-37(27,7)28(38)11-15-39(25,20-38)40(22,29)31(24)32(43)33(23)45-8/h16,18,21-22,26-29,41,43H,9-15,17,19-20H2,1-8H3/t22-,26-,27-,28+,29+,37-,38-,39+,40?/m1/s1.